The molecule has 1 heterocycles. The van der Waals surface area contributed by atoms with Crippen LogP contribution in [0.5, 0.6) is 0 Å². The van der Waals surface area contributed by atoms with E-state index in [1.54, 1.807) is 12.4 Å². The van der Waals surface area contributed by atoms with Crippen LogP contribution in [0.4, 0.5) is 5.69 Å². The highest BCUT2D eigenvalue weighted by molar-refractivity contribution is 5.92. The molecule has 0 radical (unpaired) electrons. The van der Waals surface area contributed by atoms with Gasteiger partial charge in [0, 0.05) is 12.1 Å². The van der Waals surface area contributed by atoms with Crippen molar-refractivity contribution in [2.45, 2.75) is 25.8 Å². The fourth-order valence-electron chi connectivity index (χ4n) is 2.88. The summed E-state index contributed by atoms with van der Waals surface area (Å²) in [6.07, 6.45) is 6.54. The quantitative estimate of drug-likeness (QED) is 0.824. The number of hydrogen-bond donors (Lipinski definition) is 1. The summed E-state index contributed by atoms with van der Waals surface area (Å²) in [5.74, 6) is 1.44. The molecule has 2 fully saturated rings. The van der Waals surface area contributed by atoms with Crippen LogP contribution in [0.25, 0.3) is 0 Å². The van der Waals surface area contributed by atoms with Crippen LogP contribution in [0.15, 0.2) is 12.4 Å². The fraction of sp³-hybridized carbons (Fsp3) is 0.615. The number of anilines is 1. The first-order chi connectivity index (χ1) is 9.15. The molecule has 6 nitrogen and oxygen atoms in total. The second kappa shape index (κ2) is 4.68. The highest BCUT2D eigenvalue weighted by Gasteiger charge is 2.47. The Kier molecular flexibility index (Phi) is 3.00. The first-order valence-corrected chi connectivity index (χ1v) is 6.56. The first kappa shape index (κ1) is 12.2. The van der Waals surface area contributed by atoms with Gasteiger partial charge in [-0.1, -0.05) is 0 Å². The molecule has 2 aliphatic rings. The summed E-state index contributed by atoms with van der Waals surface area (Å²) >= 11 is 0. The Morgan fingerprint density at radius 3 is 2.84 bits per heavy atom. The summed E-state index contributed by atoms with van der Waals surface area (Å²) in [6, 6.07) is 0. The smallest absolute Gasteiger partial charge is 0.327 e. The lowest BCUT2D eigenvalue weighted by Crippen LogP contribution is -2.21. The molecule has 6 heteroatoms. The van der Waals surface area contributed by atoms with Gasteiger partial charge in [-0.15, -0.1) is 0 Å². The van der Waals surface area contributed by atoms with Crippen molar-refractivity contribution in [3.63, 3.8) is 0 Å². The van der Waals surface area contributed by atoms with E-state index in [9.17, 15) is 9.59 Å². The highest BCUT2D eigenvalue weighted by atomic mass is 16.5. The van der Waals surface area contributed by atoms with Gasteiger partial charge < -0.3 is 10.1 Å². The van der Waals surface area contributed by atoms with Crippen molar-refractivity contribution in [3.05, 3.63) is 12.4 Å². The number of esters is 1. The third kappa shape index (κ3) is 2.62. The SMILES string of the molecule is COC(=O)Cn1cc(NC(=O)C2CC3CC3C2)cn1. The van der Waals surface area contributed by atoms with Crippen LogP contribution >= 0.6 is 0 Å². The van der Waals surface area contributed by atoms with Gasteiger partial charge in [-0.05, 0) is 31.1 Å². The summed E-state index contributed by atoms with van der Waals surface area (Å²) in [7, 11) is 1.33. The number of carbonyl (C=O) groups is 2. The predicted octanol–water partition coefficient (Wildman–Crippen LogP) is 1.04. The van der Waals surface area contributed by atoms with Crippen molar-refractivity contribution in [2.24, 2.45) is 17.8 Å². The minimum absolute atomic E-state index is 0.0555. The topological polar surface area (TPSA) is 73.2 Å². The number of methoxy groups -OCH3 is 1. The van der Waals surface area contributed by atoms with E-state index >= 15 is 0 Å². The number of ether oxygens (including phenoxy) is 1. The van der Waals surface area contributed by atoms with Crippen molar-refractivity contribution in [3.8, 4) is 0 Å². The van der Waals surface area contributed by atoms with Crippen molar-refractivity contribution >= 4 is 17.6 Å². The van der Waals surface area contributed by atoms with Gasteiger partial charge in [0.2, 0.25) is 5.91 Å². The molecule has 1 amide bonds. The van der Waals surface area contributed by atoms with E-state index in [4.69, 9.17) is 0 Å². The maximum atomic E-state index is 12.0. The van der Waals surface area contributed by atoms with E-state index in [0.29, 0.717) is 5.69 Å². The number of amides is 1. The molecule has 19 heavy (non-hydrogen) atoms. The van der Waals surface area contributed by atoms with Gasteiger partial charge in [-0.2, -0.15) is 5.10 Å². The molecule has 0 aliphatic heterocycles. The molecule has 0 spiro atoms. The van der Waals surface area contributed by atoms with Crippen LogP contribution in [0.3, 0.4) is 0 Å². The highest BCUT2D eigenvalue weighted by Crippen LogP contribution is 2.54. The molecular formula is C13H17N3O3. The predicted molar refractivity (Wildman–Crippen MR) is 67.2 cm³/mol. The summed E-state index contributed by atoms with van der Waals surface area (Å²) in [5, 5.41) is 6.87. The zero-order valence-electron chi connectivity index (χ0n) is 10.8. The van der Waals surface area contributed by atoms with E-state index in [1.807, 2.05) is 0 Å². The minimum Gasteiger partial charge on any atom is -0.468 e. The minimum atomic E-state index is -0.364. The van der Waals surface area contributed by atoms with Gasteiger partial charge in [0.15, 0.2) is 0 Å². The number of nitrogens with zero attached hydrogens (tertiary/aromatic N) is 2. The zero-order valence-corrected chi connectivity index (χ0v) is 10.8. The molecule has 0 saturated heterocycles. The number of hydrogen-bond acceptors (Lipinski definition) is 4. The standard InChI is InChI=1S/C13H17N3O3/c1-19-12(17)7-16-6-11(5-14-16)15-13(18)10-3-8-2-9(8)4-10/h5-6,8-10H,2-4,7H2,1H3,(H,15,18). The summed E-state index contributed by atoms with van der Waals surface area (Å²) in [6.45, 7) is 0.0555. The first-order valence-electron chi connectivity index (χ1n) is 6.56. The van der Waals surface area contributed by atoms with Crippen molar-refractivity contribution in [1.29, 1.82) is 0 Å². The van der Waals surface area contributed by atoms with Crippen molar-refractivity contribution in [1.82, 2.24) is 9.78 Å². The van der Waals surface area contributed by atoms with Gasteiger partial charge in [-0.25, -0.2) is 0 Å². The molecule has 2 unspecified atom stereocenters. The second-order valence-corrected chi connectivity index (χ2v) is 5.42. The maximum absolute atomic E-state index is 12.0. The lowest BCUT2D eigenvalue weighted by molar-refractivity contribution is -0.141. The van der Waals surface area contributed by atoms with E-state index in [1.165, 1.54) is 18.2 Å². The average Bonchev–Trinajstić information content (AvgIpc) is 2.81. The number of carbonyl (C=O) groups excluding carboxylic acids is 2. The molecule has 102 valence electrons. The third-order valence-corrected chi connectivity index (χ3v) is 4.03. The zero-order chi connectivity index (χ0) is 13.4. The second-order valence-electron chi connectivity index (χ2n) is 5.42. The van der Waals surface area contributed by atoms with Crippen molar-refractivity contribution in [2.75, 3.05) is 12.4 Å². The van der Waals surface area contributed by atoms with Crippen LogP contribution in [0.1, 0.15) is 19.3 Å². The number of aromatic nitrogens is 2. The molecular weight excluding hydrogens is 246 g/mol. The summed E-state index contributed by atoms with van der Waals surface area (Å²) in [5.41, 5.74) is 0.634. The van der Waals surface area contributed by atoms with E-state index < -0.39 is 0 Å². The lowest BCUT2D eigenvalue weighted by Gasteiger charge is -2.10. The molecule has 1 aromatic heterocycles. The largest absolute Gasteiger partial charge is 0.468 e. The number of nitrogens with one attached hydrogen (secondary N) is 1. The lowest BCUT2D eigenvalue weighted by atomic mass is 10.0. The van der Waals surface area contributed by atoms with Crippen LogP contribution in [0, 0.1) is 17.8 Å². The molecule has 2 aliphatic carbocycles. The Balaban J connectivity index is 1.54. The molecule has 1 N–H and O–H groups in total. The Morgan fingerprint density at radius 1 is 1.42 bits per heavy atom. The number of fused-ring (bicyclic) bond motifs is 1. The van der Waals surface area contributed by atoms with Gasteiger partial charge in [0.05, 0.1) is 19.0 Å². The third-order valence-electron chi connectivity index (χ3n) is 4.03. The Labute approximate surface area is 111 Å². The van der Waals surface area contributed by atoms with Crippen LogP contribution in [0.2, 0.25) is 0 Å². The van der Waals surface area contributed by atoms with Crippen LogP contribution in [-0.4, -0.2) is 28.8 Å². The Hall–Kier alpha value is -1.85. The maximum Gasteiger partial charge on any atom is 0.327 e. The van der Waals surface area contributed by atoms with Gasteiger partial charge in [-0.3, -0.25) is 14.3 Å². The van der Waals surface area contributed by atoms with Crippen LogP contribution in [-0.2, 0) is 20.9 Å². The molecule has 2 atom stereocenters. The molecule has 0 aromatic carbocycles. The van der Waals surface area contributed by atoms with Gasteiger partial charge in [0.25, 0.3) is 0 Å². The fourth-order valence-corrected chi connectivity index (χ4v) is 2.88. The summed E-state index contributed by atoms with van der Waals surface area (Å²) in [4.78, 5) is 23.1. The normalized spacial score (nSPS) is 27.7. The molecule has 3 rings (SSSR count). The molecule has 1 aromatic rings. The van der Waals surface area contributed by atoms with Crippen molar-refractivity contribution < 1.29 is 14.3 Å². The number of rotatable bonds is 4. The van der Waals surface area contributed by atoms with E-state index in [-0.39, 0.29) is 24.3 Å². The van der Waals surface area contributed by atoms with Crippen LogP contribution < -0.4 is 5.32 Å². The average molecular weight is 263 g/mol. The Morgan fingerprint density at radius 2 is 2.16 bits per heavy atom. The Bertz CT molecular complexity index is 501. The molecule has 2 saturated carbocycles. The van der Waals surface area contributed by atoms with Gasteiger partial charge >= 0.3 is 5.97 Å². The molecule has 0 bridgehead atoms. The van der Waals surface area contributed by atoms with E-state index in [2.05, 4.69) is 15.2 Å². The summed E-state index contributed by atoms with van der Waals surface area (Å²) < 4.78 is 6.01. The monoisotopic (exact) mass is 263 g/mol. The van der Waals surface area contributed by atoms with E-state index in [0.717, 1.165) is 24.7 Å². The van der Waals surface area contributed by atoms with Gasteiger partial charge in [0.1, 0.15) is 6.54 Å².